The molecule has 1 aliphatic heterocycles. The minimum absolute atomic E-state index is 0.0138. The second kappa shape index (κ2) is 9.75. The molecule has 0 radical (unpaired) electrons. The lowest BCUT2D eigenvalue weighted by Crippen LogP contribution is -2.49. The van der Waals surface area contributed by atoms with Gasteiger partial charge in [-0.15, -0.1) is 0 Å². The molecule has 2 rings (SSSR count). The fourth-order valence-electron chi connectivity index (χ4n) is 2.77. The predicted octanol–water partition coefficient (Wildman–Crippen LogP) is 1.54. The maximum absolute atomic E-state index is 12.0. The number of amides is 2. The van der Waals surface area contributed by atoms with E-state index in [0.717, 1.165) is 19.6 Å². The van der Waals surface area contributed by atoms with Gasteiger partial charge in [0.2, 0.25) is 5.91 Å². The van der Waals surface area contributed by atoms with Crippen LogP contribution in [-0.4, -0.2) is 62.1 Å². The summed E-state index contributed by atoms with van der Waals surface area (Å²) in [6.07, 6.45) is -0.0138. The summed E-state index contributed by atoms with van der Waals surface area (Å²) < 4.78 is 5.69. The summed E-state index contributed by atoms with van der Waals surface area (Å²) in [5.74, 6) is 0.0460. The van der Waals surface area contributed by atoms with E-state index in [1.54, 1.807) is 24.3 Å². The van der Waals surface area contributed by atoms with Crippen molar-refractivity contribution in [3.63, 3.8) is 0 Å². The molecular formula is C18H26ClN3O3. The maximum atomic E-state index is 12.0. The number of rotatable bonds is 7. The Morgan fingerprint density at radius 1 is 1.36 bits per heavy atom. The van der Waals surface area contributed by atoms with Crippen LogP contribution < -0.4 is 10.6 Å². The number of benzene rings is 1. The number of carbonyl (C=O) groups is 2. The van der Waals surface area contributed by atoms with Crippen LogP contribution in [0.4, 0.5) is 0 Å². The Morgan fingerprint density at radius 3 is 2.88 bits per heavy atom. The van der Waals surface area contributed by atoms with Gasteiger partial charge in [-0.1, -0.05) is 31.5 Å². The molecular weight excluding hydrogens is 342 g/mol. The number of morpholine rings is 1. The van der Waals surface area contributed by atoms with Gasteiger partial charge in [0.25, 0.3) is 5.91 Å². The van der Waals surface area contributed by atoms with E-state index < -0.39 is 0 Å². The lowest BCUT2D eigenvalue weighted by atomic mass is 10.2. The smallest absolute Gasteiger partial charge is 0.251 e. The van der Waals surface area contributed by atoms with Gasteiger partial charge < -0.3 is 15.4 Å². The van der Waals surface area contributed by atoms with Gasteiger partial charge in [-0.05, 0) is 24.1 Å². The molecule has 1 atom stereocenters. The third-order valence-corrected chi connectivity index (χ3v) is 4.10. The largest absolute Gasteiger partial charge is 0.374 e. The van der Waals surface area contributed by atoms with Crippen molar-refractivity contribution >= 4 is 23.4 Å². The van der Waals surface area contributed by atoms with Crippen LogP contribution in [0.3, 0.4) is 0 Å². The Labute approximate surface area is 153 Å². The highest BCUT2D eigenvalue weighted by atomic mass is 35.5. The monoisotopic (exact) mass is 367 g/mol. The molecule has 1 fully saturated rings. The Bertz CT molecular complexity index is 595. The average molecular weight is 368 g/mol. The van der Waals surface area contributed by atoms with Crippen molar-refractivity contribution in [1.29, 1.82) is 0 Å². The number of carbonyl (C=O) groups excluding carboxylic acids is 2. The van der Waals surface area contributed by atoms with Crippen LogP contribution in [0.5, 0.6) is 0 Å². The summed E-state index contributed by atoms with van der Waals surface area (Å²) in [4.78, 5) is 26.3. The summed E-state index contributed by atoms with van der Waals surface area (Å²) in [5.41, 5.74) is 0.431. The summed E-state index contributed by atoms with van der Waals surface area (Å²) in [7, 11) is 0. The van der Waals surface area contributed by atoms with Gasteiger partial charge >= 0.3 is 0 Å². The van der Waals surface area contributed by atoms with Gasteiger partial charge in [-0.3, -0.25) is 14.5 Å². The molecule has 138 valence electrons. The van der Waals surface area contributed by atoms with E-state index >= 15 is 0 Å². The van der Waals surface area contributed by atoms with Crippen LogP contribution in [0.1, 0.15) is 24.2 Å². The van der Waals surface area contributed by atoms with Crippen LogP contribution in [0.2, 0.25) is 5.02 Å². The molecule has 1 unspecified atom stereocenters. The molecule has 2 N–H and O–H groups in total. The molecule has 1 aliphatic rings. The number of nitrogens with one attached hydrogen (secondary N) is 2. The molecule has 1 aromatic carbocycles. The molecule has 6 nitrogen and oxygen atoms in total. The standard InChI is InChI=1S/C18H26ClN3O3/c1-13(2)11-22-6-7-25-16(12-22)9-20-17(23)10-21-18(24)14-4-3-5-15(19)8-14/h3-5,8,13,16H,6-7,9-12H2,1-2H3,(H,20,23)(H,21,24). The second-order valence-electron chi connectivity index (χ2n) is 6.64. The molecule has 0 bridgehead atoms. The van der Waals surface area contributed by atoms with Gasteiger partial charge in [0.1, 0.15) is 0 Å². The van der Waals surface area contributed by atoms with Crippen molar-refractivity contribution in [2.24, 2.45) is 5.92 Å². The highest BCUT2D eigenvalue weighted by Gasteiger charge is 2.21. The topological polar surface area (TPSA) is 70.7 Å². The average Bonchev–Trinajstić information content (AvgIpc) is 2.57. The second-order valence-corrected chi connectivity index (χ2v) is 7.08. The van der Waals surface area contributed by atoms with Crippen LogP contribution in [0, 0.1) is 5.92 Å². The van der Waals surface area contributed by atoms with Crippen molar-refractivity contribution in [2.45, 2.75) is 20.0 Å². The molecule has 0 aromatic heterocycles. The van der Waals surface area contributed by atoms with Gasteiger partial charge in [-0.2, -0.15) is 0 Å². The molecule has 1 saturated heterocycles. The first-order valence-corrected chi connectivity index (χ1v) is 8.96. The van der Waals surface area contributed by atoms with E-state index in [1.807, 2.05) is 0 Å². The fourth-order valence-corrected chi connectivity index (χ4v) is 2.96. The molecule has 2 amide bonds. The van der Waals surface area contributed by atoms with Crippen molar-refractivity contribution in [3.05, 3.63) is 34.9 Å². The maximum Gasteiger partial charge on any atom is 0.251 e. The number of hydrogen-bond donors (Lipinski definition) is 2. The van der Waals surface area contributed by atoms with E-state index in [-0.39, 0.29) is 24.5 Å². The first-order chi connectivity index (χ1) is 11.9. The van der Waals surface area contributed by atoms with Crippen LogP contribution in [0.15, 0.2) is 24.3 Å². The van der Waals surface area contributed by atoms with E-state index in [9.17, 15) is 9.59 Å². The number of ether oxygens (including phenoxy) is 1. The quantitative estimate of drug-likeness (QED) is 0.767. The minimum atomic E-state index is -0.324. The molecule has 1 aromatic rings. The highest BCUT2D eigenvalue weighted by Crippen LogP contribution is 2.10. The third kappa shape index (κ3) is 7.02. The first-order valence-electron chi connectivity index (χ1n) is 8.58. The normalized spacial score (nSPS) is 18.2. The van der Waals surface area contributed by atoms with Crippen LogP contribution in [0.25, 0.3) is 0 Å². The van der Waals surface area contributed by atoms with Crippen molar-refractivity contribution in [3.8, 4) is 0 Å². The molecule has 1 heterocycles. The molecule has 0 aliphatic carbocycles. The van der Waals surface area contributed by atoms with E-state index in [2.05, 4.69) is 29.4 Å². The molecule has 25 heavy (non-hydrogen) atoms. The first kappa shape index (κ1) is 19.7. The van der Waals surface area contributed by atoms with E-state index in [1.165, 1.54) is 0 Å². The predicted molar refractivity (Wildman–Crippen MR) is 97.8 cm³/mol. The van der Waals surface area contributed by atoms with E-state index in [4.69, 9.17) is 16.3 Å². The Kier molecular flexibility index (Phi) is 7.68. The number of hydrogen-bond acceptors (Lipinski definition) is 4. The highest BCUT2D eigenvalue weighted by molar-refractivity contribution is 6.30. The van der Waals surface area contributed by atoms with Crippen molar-refractivity contribution in [1.82, 2.24) is 15.5 Å². The lowest BCUT2D eigenvalue weighted by Gasteiger charge is -2.33. The van der Waals surface area contributed by atoms with Crippen LogP contribution in [-0.2, 0) is 9.53 Å². The Hall–Kier alpha value is -1.63. The van der Waals surface area contributed by atoms with Gasteiger partial charge in [0.15, 0.2) is 0 Å². The summed E-state index contributed by atoms with van der Waals surface area (Å²) >= 11 is 5.85. The molecule has 0 spiro atoms. The zero-order valence-electron chi connectivity index (χ0n) is 14.8. The third-order valence-electron chi connectivity index (χ3n) is 3.87. The number of halogens is 1. The minimum Gasteiger partial charge on any atom is -0.374 e. The van der Waals surface area contributed by atoms with Crippen molar-refractivity contribution < 1.29 is 14.3 Å². The summed E-state index contributed by atoms with van der Waals surface area (Å²) in [6.45, 7) is 8.20. The zero-order valence-corrected chi connectivity index (χ0v) is 15.5. The lowest BCUT2D eigenvalue weighted by molar-refractivity contribution is -0.121. The summed E-state index contributed by atoms with van der Waals surface area (Å²) in [5, 5.41) is 5.88. The summed E-state index contributed by atoms with van der Waals surface area (Å²) in [6, 6.07) is 6.60. The van der Waals surface area contributed by atoms with Crippen molar-refractivity contribution in [2.75, 3.05) is 39.3 Å². The molecule has 7 heteroatoms. The van der Waals surface area contributed by atoms with Gasteiger partial charge in [0.05, 0.1) is 19.3 Å². The Morgan fingerprint density at radius 2 is 2.16 bits per heavy atom. The van der Waals surface area contributed by atoms with E-state index in [0.29, 0.717) is 29.7 Å². The van der Waals surface area contributed by atoms with Gasteiger partial charge in [0, 0.05) is 36.8 Å². The van der Waals surface area contributed by atoms with Crippen LogP contribution >= 0.6 is 11.6 Å². The molecule has 0 saturated carbocycles. The Balaban J connectivity index is 1.69. The fraction of sp³-hybridized carbons (Fsp3) is 0.556. The number of nitrogens with zero attached hydrogens (tertiary/aromatic N) is 1. The zero-order chi connectivity index (χ0) is 18.2. The van der Waals surface area contributed by atoms with Gasteiger partial charge in [-0.25, -0.2) is 0 Å². The SMILES string of the molecule is CC(C)CN1CCOC(CNC(=O)CNC(=O)c2cccc(Cl)c2)C1.